The second-order valence-corrected chi connectivity index (χ2v) is 17.4. The molecular formula is C59H82N12O4. The minimum atomic E-state index is 0.214. The van der Waals surface area contributed by atoms with Crippen molar-refractivity contribution in [1.29, 1.82) is 0 Å². The molecule has 0 fully saturated rings. The molecule has 8 aromatic rings. The second-order valence-electron chi connectivity index (χ2n) is 17.4. The molecule has 4 aromatic heterocycles. The third kappa shape index (κ3) is 14.9. The van der Waals surface area contributed by atoms with Crippen LogP contribution in [-0.2, 0) is 71.9 Å². The molecule has 1 aliphatic carbocycles. The fraction of sp³-hybridized carbons (Fsp3) is 0.458. The van der Waals surface area contributed by atoms with Crippen molar-refractivity contribution in [2.24, 2.45) is 0 Å². The van der Waals surface area contributed by atoms with Crippen molar-refractivity contribution in [3.8, 4) is 34.1 Å². The zero-order valence-corrected chi connectivity index (χ0v) is 47.7. The molecule has 0 atom stereocenters. The smallest absolute Gasteiger partial charge is 0.134 e. The van der Waals surface area contributed by atoms with Crippen LogP contribution in [0.4, 0.5) is 0 Å². The monoisotopic (exact) mass is 1020 g/mol. The van der Waals surface area contributed by atoms with Gasteiger partial charge in [0.15, 0.2) is 0 Å². The Hall–Kier alpha value is -7.36. The summed E-state index contributed by atoms with van der Waals surface area (Å²) in [4.78, 5) is 0. The number of hydrogen-bond donors (Lipinski definition) is 0. The molecule has 0 saturated carbocycles. The van der Waals surface area contributed by atoms with E-state index in [1.54, 1.807) is 0 Å². The molecule has 0 radical (unpaired) electrons. The van der Waals surface area contributed by atoms with Gasteiger partial charge < -0.3 is 18.9 Å². The van der Waals surface area contributed by atoms with Crippen LogP contribution in [0.3, 0.4) is 0 Å². The number of aromatic nitrogens is 12. The molecule has 0 spiro atoms. The Morgan fingerprint density at radius 3 is 0.773 bits per heavy atom. The molecule has 16 nitrogen and oxygen atoms in total. The molecule has 75 heavy (non-hydrogen) atoms. The van der Waals surface area contributed by atoms with E-state index in [1.807, 2.05) is 127 Å². The van der Waals surface area contributed by atoms with Crippen molar-refractivity contribution in [2.45, 2.75) is 183 Å². The van der Waals surface area contributed by atoms with E-state index in [2.05, 4.69) is 117 Å². The van der Waals surface area contributed by atoms with Crippen LogP contribution in [0.25, 0.3) is 11.1 Å². The average Bonchev–Trinajstić information content (AvgIpc) is 4.28. The van der Waals surface area contributed by atoms with Crippen LogP contribution >= 0.6 is 0 Å². The number of aryl methyl sites for hydroxylation is 8. The first-order valence-corrected chi connectivity index (χ1v) is 27.2. The van der Waals surface area contributed by atoms with E-state index in [1.165, 1.54) is 0 Å². The van der Waals surface area contributed by atoms with Gasteiger partial charge in [-0.1, -0.05) is 124 Å². The predicted molar refractivity (Wildman–Crippen MR) is 298 cm³/mol. The minimum Gasteiger partial charge on any atom is -0.487 e. The molecule has 0 unspecified atom stereocenters. The predicted octanol–water partition coefficient (Wildman–Crippen LogP) is 12.5. The van der Waals surface area contributed by atoms with Crippen LogP contribution in [0.1, 0.15) is 161 Å². The lowest BCUT2D eigenvalue weighted by molar-refractivity contribution is 0.291. The van der Waals surface area contributed by atoms with E-state index in [4.69, 9.17) is 18.9 Å². The first-order chi connectivity index (χ1) is 36.6. The lowest BCUT2D eigenvalue weighted by atomic mass is 9.90. The minimum absolute atomic E-state index is 0.214. The Kier molecular flexibility index (Phi) is 22.6. The summed E-state index contributed by atoms with van der Waals surface area (Å²) >= 11 is 0. The average molecular weight is 1020 g/mol. The highest BCUT2D eigenvalue weighted by molar-refractivity contribution is 5.80. The fourth-order valence-electron chi connectivity index (χ4n) is 8.89. The third-order valence-corrected chi connectivity index (χ3v) is 11.9. The van der Waals surface area contributed by atoms with Gasteiger partial charge in [-0.25, -0.2) is 0 Å². The Bertz CT molecular complexity index is 2840. The first kappa shape index (κ1) is 58.5. The highest BCUT2D eigenvalue weighted by Gasteiger charge is 2.26. The quantitative estimate of drug-likeness (QED) is 0.0902. The number of hydrogen-bond acceptors (Lipinski definition) is 12. The summed E-state index contributed by atoms with van der Waals surface area (Å²) in [7, 11) is 0. The summed E-state index contributed by atoms with van der Waals surface area (Å²) in [5, 5.41) is 35.0. The molecule has 0 saturated heterocycles. The summed E-state index contributed by atoms with van der Waals surface area (Å²) in [5.41, 5.74) is 15.2. The largest absolute Gasteiger partial charge is 0.487 e. The highest BCUT2D eigenvalue weighted by atomic mass is 16.5. The van der Waals surface area contributed by atoms with Gasteiger partial charge >= 0.3 is 0 Å². The zero-order valence-electron chi connectivity index (χ0n) is 47.7. The van der Waals surface area contributed by atoms with E-state index in [-0.39, 0.29) is 26.4 Å². The van der Waals surface area contributed by atoms with Gasteiger partial charge in [0.1, 0.15) is 72.2 Å². The van der Waals surface area contributed by atoms with Crippen LogP contribution in [0.5, 0.6) is 23.0 Å². The highest BCUT2D eigenvalue weighted by Crippen LogP contribution is 2.46. The fourth-order valence-corrected chi connectivity index (χ4v) is 8.89. The van der Waals surface area contributed by atoms with Crippen molar-refractivity contribution < 1.29 is 18.9 Å². The third-order valence-electron chi connectivity index (χ3n) is 11.9. The van der Waals surface area contributed by atoms with E-state index in [9.17, 15) is 0 Å². The Labute approximate surface area is 445 Å². The van der Waals surface area contributed by atoms with Gasteiger partial charge in [0.2, 0.25) is 0 Å². The van der Waals surface area contributed by atoms with Crippen molar-refractivity contribution in [3.63, 3.8) is 0 Å². The molecule has 4 aromatic carbocycles. The Morgan fingerprint density at radius 1 is 0.333 bits per heavy atom. The summed E-state index contributed by atoms with van der Waals surface area (Å²) < 4.78 is 35.2. The normalized spacial score (nSPS) is 11.2. The molecule has 0 aliphatic heterocycles. The van der Waals surface area contributed by atoms with Crippen LogP contribution in [-0.4, -0.2) is 60.0 Å². The maximum absolute atomic E-state index is 7.02. The summed E-state index contributed by atoms with van der Waals surface area (Å²) in [6.07, 6.45) is 9.27. The van der Waals surface area contributed by atoms with Crippen LogP contribution in [0.2, 0.25) is 0 Å². The lowest BCUT2D eigenvalue weighted by Crippen LogP contribution is -2.08. The Morgan fingerprint density at radius 2 is 0.547 bits per heavy atom. The standard InChI is InChI=1S/C51H58N12O4.4C2H6/c1-9-60-24-42(52-56-60)28-64-48-36-13-32(5)15-38(48)22-40-17-34(7)19-46(50(40)66-30-44-26-62(11-3)58-54-44)47-20-35(8)18-41(51(47)67-31-45-27-63(12-4)59-55-45)23-39-16-33(6)14-37(21-36)49(39)65-29-43-25-61(10-2)57-53-43;4*1-2/h13-20,24-27H,9-12,21-23,28-31H2,1-8H3;4*1-2H3. The van der Waals surface area contributed by atoms with Gasteiger partial charge in [-0.15, -0.1) is 20.4 Å². The van der Waals surface area contributed by atoms with Gasteiger partial charge in [0.25, 0.3) is 0 Å². The van der Waals surface area contributed by atoms with Crippen molar-refractivity contribution in [3.05, 3.63) is 152 Å². The van der Waals surface area contributed by atoms with E-state index < -0.39 is 0 Å². The number of rotatable bonds is 16. The summed E-state index contributed by atoms with van der Waals surface area (Å²) in [6, 6.07) is 17.7. The van der Waals surface area contributed by atoms with Gasteiger partial charge in [-0.2, -0.15) is 0 Å². The summed E-state index contributed by atoms with van der Waals surface area (Å²) in [5.74, 6) is 3.02. The molecule has 4 heterocycles. The van der Waals surface area contributed by atoms with Gasteiger partial charge in [-0.05, 0) is 112 Å². The molecule has 9 rings (SSSR count). The van der Waals surface area contributed by atoms with Crippen molar-refractivity contribution in [1.82, 2.24) is 60.0 Å². The van der Waals surface area contributed by atoms with Crippen LogP contribution in [0.15, 0.2) is 73.3 Å². The Balaban J connectivity index is 0.00000124. The SMILES string of the molecule is CC.CC.CC.CC.CCn1cc(COc2c3cc(C)cc2Cc2cc(C)cc(c2OCc2cn(CC)nn2)-c2cc(C)cc(c2OCc2cn(CC)nn2)Cc2cc(C)cc(c2OCc2cn(CC)nn2)C3)nn1. The van der Waals surface area contributed by atoms with E-state index in [0.29, 0.717) is 45.4 Å². The molecule has 8 bridgehead atoms. The van der Waals surface area contributed by atoms with E-state index in [0.717, 1.165) is 113 Å². The maximum atomic E-state index is 7.02. The van der Waals surface area contributed by atoms with Gasteiger partial charge in [-0.3, -0.25) is 18.7 Å². The van der Waals surface area contributed by atoms with Crippen LogP contribution < -0.4 is 18.9 Å². The second kappa shape index (κ2) is 28.9. The molecule has 16 heteroatoms. The van der Waals surface area contributed by atoms with Gasteiger partial charge in [0, 0.05) is 56.6 Å². The van der Waals surface area contributed by atoms with Crippen LogP contribution in [0, 0.1) is 27.7 Å². The number of fused-ring (bicyclic) bond motifs is 9. The first-order valence-electron chi connectivity index (χ1n) is 27.2. The lowest BCUT2D eigenvalue weighted by Gasteiger charge is -2.22. The maximum Gasteiger partial charge on any atom is 0.134 e. The molecule has 0 amide bonds. The molecule has 402 valence electrons. The van der Waals surface area contributed by atoms with E-state index >= 15 is 0 Å². The number of ether oxygens (including phenoxy) is 4. The molecule has 1 aliphatic rings. The molecule has 0 N–H and O–H groups in total. The van der Waals surface area contributed by atoms with Crippen molar-refractivity contribution >= 4 is 0 Å². The molecular weight excluding hydrogens is 941 g/mol. The number of benzene rings is 4. The van der Waals surface area contributed by atoms with Crippen molar-refractivity contribution in [2.75, 3.05) is 0 Å². The summed E-state index contributed by atoms with van der Waals surface area (Å²) in [6.45, 7) is 36.5. The topological polar surface area (TPSA) is 160 Å². The van der Waals surface area contributed by atoms with Gasteiger partial charge in [0.05, 0.1) is 24.8 Å². The number of nitrogens with zero attached hydrogens (tertiary/aromatic N) is 12. The zero-order chi connectivity index (χ0) is 54.6.